The molecule has 4 rings (SSSR count). The van der Waals surface area contributed by atoms with Crippen LogP contribution in [0.25, 0.3) is 32.3 Å². The van der Waals surface area contributed by atoms with E-state index in [1.54, 1.807) is 0 Å². The molecular formula is C20H19BO2. The average molecular weight is 302 g/mol. The summed E-state index contributed by atoms with van der Waals surface area (Å²) in [6, 6.07) is 19.0. The van der Waals surface area contributed by atoms with E-state index in [0.717, 1.165) is 23.7 Å². The Morgan fingerprint density at radius 3 is 2.26 bits per heavy atom. The fourth-order valence-corrected chi connectivity index (χ4v) is 3.40. The van der Waals surface area contributed by atoms with Crippen LogP contribution in [0.5, 0.6) is 0 Å². The number of hydrogen-bond acceptors (Lipinski definition) is 2. The lowest BCUT2D eigenvalue weighted by molar-refractivity contribution is 0.265. The van der Waals surface area contributed by atoms with Crippen molar-refractivity contribution in [2.24, 2.45) is 0 Å². The minimum absolute atomic E-state index is 0.583. The molecule has 0 aliphatic carbocycles. The first-order valence-electron chi connectivity index (χ1n) is 8.25. The first kappa shape index (κ1) is 14.5. The van der Waals surface area contributed by atoms with Crippen molar-refractivity contribution in [1.29, 1.82) is 0 Å². The van der Waals surface area contributed by atoms with Gasteiger partial charge in [0.1, 0.15) is 0 Å². The Hall–Kier alpha value is -2.10. The predicted octanol–water partition coefficient (Wildman–Crippen LogP) is 4.09. The van der Waals surface area contributed by atoms with Crippen LogP contribution in [0.4, 0.5) is 0 Å². The number of hydrogen-bond donors (Lipinski definition) is 1. The number of benzene rings is 4. The highest BCUT2D eigenvalue weighted by Gasteiger charge is 2.21. The molecule has 0 saturated heterocycles. The first-order chi connectivity index (χ1) is 11.3. The predicted molar refractivity (Wildman–Crippen MR) is 98.6 cm³/mol. The summed E-state index contributed by atoms with van der Waals surface area (Å²) in [5, 5.41) is 17.7. The van der Waals surface area contributed by atoms with Crippen molar-refractivity contribution in [3.05, 3.63) is 54.6 Å². The Labute approximate surface area is 136 Å². The highest BCUT2D eigenvalue weighted by Crippen LogP contribution is 2.33. The van der Waals surface area contributed by atoms with E-state index in [0.29, 0.717) is 6.61 Å². The van der Waals surface area contributed by atoms with Crippen molar-refractivity contribution in [3.8, 4) is 0 Å². The topological polar surface area (TPSA) is 29.5 Å². The van der Waals surface area contributed by atoms with E-state index in [9.17, 15) is 5.02 Å². The molecule has 0 saturated carbocycles. The van der Waals surface area contributed by atoms with E-state index in [1.807, 2.05) is 6.07 Å². The maximum atomic E-state index is 10.5. The smallest absolute Gasteiger partial charge is 0.423 e. The van der Waals surface area contributed by atoms with Gasteiger partial charge in [0.25, 0.3) is 0 Å². The highest BCUT2D eigenvalue weighted by atomic mass is 16.5. The van der Waals surface area contributed by atoms with Gasteiger partial charge < -0.3 is 9.68 Å². The summed E-state index contributed by atoms with van der Waals surface area (Å²) < 4.78 is 5.61. The lowest BCUT2D eigenvalue weighted by Crippen LogP contribution is -2.34. The van der Waals surface area contributed by atoms with E-state index >= 15 is 0 Å². The van der Waals surface area contributed by atoms with E-state index in [4.69, 9.17) is 4.65 Å². The zero-order valence-electron chi connectivity index (χ0n) is 13.3. The molecule has 4 aromatic rings. The summed E-state index contributed by atoms with van der Waals surface area (Å²) in [6.07, 6.45) is 2.02. The fraction of sp³-hybridized carbons (Fsp3) is 0.200. The molecule has 114 valence electrons. The van der Waals surface area contributed by atoms with Crippen LogP contribution >= 0.6 is 0 Å². The second kappa shape index (κ2) is 5.84. The maximum absolute atomic E-state index is 10.5. The molecule has 3 heteroatoms. The Balaban J connectivity index is 1.93. The highest BCUT2D eigenvalue weighted by molar-refractivity contribution is 6.63. The summed E-state index contributed by atoms with van der Waals surface area (Å²) in [7, 11) is -0.869. The normalized spacial score (nSPS) is 11.7. The third-order valence-electron chi connectivity index (χ3n) is 4.60. The van der Waals surface area contributed by atoms with Gasteiger partial charge in [-0.05, 0) is 44.2 Å². The SMILES string of the molecule is CCCCOB(O)c1ccc2ccc3cccc4ccc1c2c34. The standard InChI is InChI=1S/C20H19BO2/c1-2-3-13-23-21(22)18-12-10-16-8-7-14-5-4-6-15-9-11-17(18)20(16)19(14)15/h4-12,22H,2-3,13H2,1H3. The van der Waals surface area contributed by atoms with Gasteiger partial charge in [-0.2, -0.15) is 0 Å². The van der Waals surface area contributed by atoms with Crippen molar-refractivity contribution < 1.29 is 9.68 Å². The van der Waals surface area contributed by atoms with Crippen LogP contribution in [-0.4, -0.2) is 18.7 Å². The van der Waals surface area contributed by atoms with Crippen LogP contribution in [0.3, 0.4) is 0 Å². The minimum atomic E-state index is -0.869. The Bertz CT molecular complexity index is 948. The van der Waals surface area contributed by atoms with Gasteiger partial charge in [0.2, 0.25) is 0 Å². The molecule has 0 radical (unpaired) electrons. The maximum Gasteiger partial charge on any atom is 0.491 e. The summed E-state index contributed by atoms with van der Waals surface area (Å²) in [4.78, 5) is 0. The molecule has 4 aromatic carbocycles. The molecule has 1 N–H and O–H groups in total. The summed E-state index contributed by atoms with van der Waals surface area (Å²) in [6.45, 7) is 2.70. The number of rotatable bonds is 5. The average Bonchev–Trinajstić information content (AvgIpc) is 2.59. The van der Waals surface area contributed by atoms with Crippen molar-refractivity contribution in [1.82, 2.24) is 0 Å². The Morgan fingerprint density at radius 2 is 1.52 bits per heavy atom. The van der Waals surface area contributed by atoms with Crippen molar-refractivity contribution in [3.63, 3.8) is 0 Å². The van der Waals surface area contributed by atoms with Crippen molar-refractivity contribution in [2.45, 2.75) is 19.8 Å². The molecule has 2 nitrogen and oxygen atoms in total. The zero-order chi connectivity index (χ0) is 15.8. The molecule has 0 amide bonds. The largest absolute Gasteiger partial charge is 0.491 e. The van der Waals surface area contributed by atoms with Crippen molar-refractivity contribution in [2.75, 3.05) is 6.61 Å². The van der Waals surface area contributed by atoms with Crippen LogP contribution < -0.4 is 5.46 Å². The van der Waals surface area contributed by atoms with E-state index in [1.165, 1.54) is 26.9 Å². The summed E-state index contributed by atoms with van der Waals surface area (Å²) >= 11 is 0. The van der Waals surface area contributed by atoms with Gasteiger partial charge in [-0.3, -0.25) is 0 Å². The van der Waals surface area contributed by atoms with Gasteiger partial charge in [0.15, 0.2) is 0 Å². The van der Waals surface area contributed by atoms with E-state index in [2.05, 4.69) is 55.5 Å². The molecule has 0 atom stereocenters. The fourth-order valence-electron chi connectivity index (χ4n) is 3.40. The lowest BCUT2D eigenvalue weighted by atomic mass is 9.75. The molecule has 0 aromatic heterocycles. The van der Waals surface area contributed by atoms with E-state index in [-0.39, 0.29) is 0 Å². The van der Waals surface area contributed by atoms with Crippen LogP contribution in [-0.2, 0) is 4.65 Å². The molecule has 0 aliphatic heterocycles. The lowest BCUT2D eigenvalue weighted by Gasteiger charge is -2.15. The van der Waals surface area contributed by atoms with Gasteiger partial charge in [0, 0.05) is 6.61 Å². The third kappa shape index (κ3) is 2.37. The Morgan fingerprint density at radius 1 is 0.870 bits per heavy atom. The van der Waals surface area contributed by atoms with Gasteiger partial charge in [-0.25, -0.2) is 0 Å². The van der Waals surface area contributed by atoms with Gasteiger partial charge in [0.05, 0.1) is 0 Å². The quantitative estimate of drug-likeness (QED) is 0.342. The monoisotopic (exact) mass is 302 g/mol. The second-order valence-corrected chi connectivity index (χ2v) is 6.09. The molecular weight excluding hydrogens is 283 g/mol. The Kier molecular flexibility index (Phi) is 3.68. The minimum Gasteiger partial charge on any atom is -0.423 e. The molecule has 23 heavy (non-hydrogen) atoms. The van der Waals surface area contributed by atoms with Crippen LogP contribution in [0.2, 0.25) is 0 Å². The molecule has 0 bridgehead atoms. The van der Waals surface area contributed by atoms with Crippen molar-refractivity contribution >= 4 is 44.9 Å². The summed E-state index contributed by atoms with van der Waals surface area (Å²) in [5.41, 5.74) is 0.854. The molecule has 0 heterocycles. The van der Waals surface area contributed by atoms with Crippen LogP contribution in [0.15, 0.2) is 54.6 Å². The molecule has 0 spiro atoms. The summed E-state index contributed by atoms with van der Waals surface area (Å²) in [5.74, 6) is 0. The van der Waals surface area contributed by atoms with Gasteiger partial charge in [-0.15, -0.1) is 0 Å². The third-order valence-corrected chi connectivity index (χ3v) is 4.60. The van der Waals surface area contributed by atoms with Gasteiger partial charge >= 0.3 is 7.12 Å². The van der Waals surface area contributed by atoms with E-state index < -0.39 is 7.12 Å². The van der Waals surface area contributed by atoms with Crippen LogP contribution in [0, 0.1) is 0 Å². The molecule has 0 aliphatic rings. The molecule has 0 fully saturated rings. The zero-order valence-corrected chi connectivity index (χ0v) is 13.3. The van der Waals surface area contributed by atoms with Crippen LogP contribution in [0.1, 0.15) is 19.8 Å². The second-order valence-electron chi connectivity index (χ2n) is 6.09. The molecule has 0 unspecified atom stereocenters. The first-order valence-corrected chi connectivity index (χ1v) is 8.25. The van der Waals surface area contributed by atoms with Gasteiger partial charge in [-0.1, -0.05) is 67.9 Å². The number of unbranched alkanes of at least 4 members (excludes halogenated alkanes) is 1.